The zero-order chi connectivity index (χ0) is 17.9. The number of hydrogen-bond donors (Lipinski definition) is 3. The number of nitrogens with one attached hydrogen (secondary N) is 3. The van der Waals surface area contributed by atoms with E-state index in [0.717, 1.165) is 17.3 Å². The molecule has 2 rings (SSSR count). The van der Waals surface area contributed by atoms with E-state index in [4.69, 9.17) is 0 Å². The topological polar surface area (TPSA) is 88.0 Å². The zero-order valence-electron chi connectivity index (χ0n) is 14.0. The molecule has 1 aromatic heterocycles. The van der Waals surface area contributed by atoms with Gasteiger partial charge < -0.3 is 16.0 Å². The van der Waals surface area contributed by atoms with E-state index < -0.39 is 17.8 Å². The Hall–Kier alpha value is -2.90. The Bertz CT molecular complexity index is 772. The van der Waals surface area contributed by atoms with Crippen molar-refractivity contribution in [3.05, 3.63) is 47.0 Å². The summed E-state index contributed by atoms with van der Waals surface area (Å²) in [7, 11) is 3.22. The number of aromatic nitrogens is 2. The van der Waals surface area contributed by atoms with Crippen molar-refractivity contribution in [1.82, 2.24) is 20.4 Å². The summed E-state index contributed by atoms with van der Waals surface area (Å²) in [5, 5.41) is 12.0. The van der Waals surface area contributed by atoms with Crippen molar-refractivity contribution >= 4 is 17.6 Å². The maximum absolute atomic E-state index is 13.6. The number of amides is 3. The fraction of sp³-hybridized carbons (Fsp3) is 0.312. The first-order valence-electron chi connectivity index (χ1n) is 7.41. The summed E-state index contributed by atoms with van der Waals surface area (Å²) >= 11 is 0. The van der Waals surface area contributed by atoms with E-state index in [2.05, 4.69) is 21.0 Å². The van der Waals surface area contributed by atoms with Crippen LogP contribution in [-0.4, -0.2) is 28.8 Å². The van der Waals surface area contributed by atoms with Crippen LogP contribution in [0, 0.1) is 12.7 Å². The number of benzene rings is 1. The molecule has 7 nitrogen and oxygen atoms in total. The van der Waals surface area contributed by atoms with Gasteiger partial charge in [0.05, 0.1) is 17.3 Å². The molecule has 2 aromatic rings. The minimum Gasteiger partial charge on any atom is -0.355 e. The summed E-state index contributed by atoms with van der Waals surface area (Å²) < 4.78 is 15.3. The molecule has 0 aliphatic carbocycles. The number of carbonyl (C=O) groups excluding carboxylic acids is 2. The lowest BCUT2D eigenvalue weighted by Gasteiger charge is -2.14. The van der Waals surface area contributed by atoms with E-state index in [0.29, 0.717) is 5.69 Å². The number of nitrogens with zero attached hydrogens (tertiary/aromatic N) is 2. The van der Waals surface area contributed by atoms with Gasteiger partial charge in [-0.15, -0.1) is 0 Å². The lowest BCUT2D eigenvalue weighted by Crippen LogP contribution is -2.31. The minimum atomic E-state index is -0.653. The van der Waals surface area contributed by atoms with Crippen molar-refractivity contribution < 1.29 is 14.0 Å². The third kappa shape index (κ3) is 3.89. The van der Waals surface area contributed by atoms with Gasteiger partial charge in [-0.3, -0.25) is 9.48 Å². The van der Waals surface area contributed by atoms with Crippen LogP contribution in [-0.2, 0) is 7.05 Å². The highest BCUT2D eigenvalue weighted by atomic mass is 19.1. The molecule has 0 saturated heterocycles. The number of urea groups is 1. The molecule has 24 heavy (non-hydrogen) atoms. The number of aryl methyl sites for hydroxylation is 2. The second-order valence-electron chi connectivity index (χ2n) is 5.44. The summed E-state index contributed by atoms with van der Waals surface area (Å²) in [6.45, 7) is 3.70. The summed E-state index contributed by atoms with van der Waals surface area (Å²) in [4.78, 5) is 23.7. The van der Waals surface area contributed by atoms with Crippen LogP contribution in [0.1, 0.15) is 34.6 Å². The monoisotopic (exact) mass is 333 g/mol. The number of rotatable bonds is 4. The molecule has 1 unspecified atom stereocenters. The Labute approximate surface area is 139 Å². The van der Waals surface area contributed by atoms with Crippen LogP contribution in [0.15, 0.2) is 24.4 Å². The maximum Gasteiger partial charge on any atom is 0.319 e. The standard InChI is InChI=1S/C16H20FN5O2/c1-9(13-8-22(4)21-10(13)2)19-16(24)20-11-5-6-14(17)12(7-11)15(23)18-3/h5-9H,1-4H3,(H,18,23)(H2,19,20,24). The Morgan fingerprint density at radius 2 is 2.04 bits per heavy atom. The van der Waals surface area contributed by atoms with E-state index >= 15 is 0 Å². The average Bonchev–Trinajstić information content (AvgIpc) is 2.87. The van der Waals surface area contributed by atoms with Crippen LogP contribution in [0.2, 0.25) is 0 Å². The third-order valence-electron chi connectivity index (χ3n) is 3.56. The van der Waals surface area contributed by atoms with E-state index in [9.17, 15) is 14.0 Å². The first kappa shape index (κ1) is 17.5. The van der Waals surface area contributed by atoms with Crippen molar-refractivity contribution in [3.63, 3.8) is 0 Å². The fourth-order valence-corrected chi connectivity index (χ4v) is 2.40. The molecular formula is C16H20FN5O2. The van der Waals surface area contributed by atoms with Crippen LogP contribution < -0.4 is 16.0 Å². The molecule has 0 radical (unpaired) electrons. The van der Waals surface area contributed by atoms with Crippen LogP contribution in [0.3, 0.4) is 0 Å². The summed E-state index contributed by atoms with van der Waals surface area (Å²) in [6.07, 6.45) is 1.84. The fourth-order valence-electron chi connectivity index (χ4n) is 2.40. The van der Waals surface area contributed by atoms with E-state index in [-0.39, 0.29) is 11.6 Å². The van der Waals surface area contributed by atoms with Crippen molar-refractivity contribution in [2.24, 2.45) is 7.05 Å². The van der Waals surface area contributed by atoms with E-state index in [1.54, 1.807) is 4.68 Å². The van der Waals surface area contributed by atoms with Gasteiger partial charge >= 0.3 is 6.03 Å². The highest BCUT2D eigenvalue weighted by Crippen LogP contribution is 2.17. The molecule has 1 aromatic carbocycles. The molecule has 0 bridgehead atoms. The van der Waals surface area contributed by atoms with Crippen molar-refractivity contribution in [2.45, 2.75) is 19.9 Å². The molecular weight excluding hydrogens is 313 g/mol. The molecule has 0 fully saturated rings. The predicted octanol–water partition coefficient (Wildman–Crippen LogP) is 2.11. The van der Waals surface area contributed by atoms with Gasteiger partial charge in [-0.05, 0) is 32.0 Å². The van der Waals surface area contributed by atoms with Gasteiger partial charge in [-0.2, -0.15) is 5.10 Å². The second-order valence-corrected chi connectivity index (χ2v) is 5.44. The minimum absolute atomic E-state index is 0.133. The molecule has 1 heterocycles. The smallest absolute Gasteiger partial charge is 0.319 e. The average molecular weight is 333 g/mol. The third-order valence-corrected chi connectivity index (χ3v) is 3.56. The van der Waals surface area contributed by atoms with Gasteiger partial charge in [-0.25, -0.2) is 9.18 Å². The molecule has 128 valence electrons. The van der Waals surface area contributed by atoms with Crippen LogP contribution in [0.5, 0.6) is 0 Å². The first-order valence-corrected chi connectivity index (χ1v) is 7.41. The molecule has 3 amide bonds. The van der Waals surface area contributed by atoms with Crippen molar-refractivity contribution in [2.75, 3.05) is 12.4 Å². The van der Waals surface area contributed by atoms with Gasteiger partial charge in [0.2, 0.25) is 0 Å². The van der Waals surface area contributed by atoms with Gasteiger partial charge in [0, 0.05) is 31.5 Å². The number of anilines is 1. The van der Waals surface area contributed by atoms with Gasteiger partial charge in [0.25, 0.3) is 5.91 Å². The number of carbonyl (C=O) groups is 2. The second kappa shape index (κ2) is 7.12. The van der Waals surface area contributed by atoms with Crippen molar-refractivity contribution in [3.8, 4) is 0 Å². The molecule has 8 heteroatoms. The lowest BCUT2D eigenvalue weighted by molar-refractivity contribution is 0.0959. The van der Waals surface area contributed by atoms with Crippen LogP contribution >= 0.6 is 0 Å². The van der Waals surface area contributed by atoms with Crippen molar-refractivity contribution in [1.29, 1.82) is 0 Å². The van der Waals surface area contributed by atoms with Gasteiger partial charge in [0.15, 0.2) is 0 Å². The van der Waals surface area contributed by atoms with Crippen LogP contribution in [0.4, 0.5) is 14.9 Å². The normalized spacial score (nSPS) is 11.7. The number of halogens is 1. The predicted molar refractivity (Wildman–Crippen MR) is 88.3 cm³/mol. The zero-order valence-corrected chi connectivity index (χ0v) is 14.0. The van der Waals surface area contributed by atoms with Crippen LogP contribution in [0.25, 0.3) is 0 Å². The molecule has 0 saturated carbocycles. The maximum atomic E-state index is 13.6. The number of hydrogen-bond acceptors (Lipinski definition) is 3. The first-order chi connectivity index (χ1) is 11.3. The Balaban J connectivity index is 2.07. The molecule has 0 aliphatic rings. The Kier molecular flexibility index (Phi) is 5.18. The summed E-state index contributed by atoms with van der Waals surface area (Å²) in [5.74, 6) is -1.21. The summed E-state index contributed by atoms with van der Waals surface area (Å²) in [6, 6.07) is 3.10. The Morgan fingerprint density at radius 1 is 1.33 bits per heavy atom. The Morgan fingerprint density at radius 3 is 2.62 bits per heavy atom. The van der Waals surface area contributed by atoms with E-state index in [1.807, 2.05) is 27.1 Å². The lowest BCUT2D eigenvalue weighted by atomic mass is 10.1. The highest BCUT2D eigenvalue weighted by Gasteiger charge is 2.16. The largest absolute Gasteiger partial charge is 0.355 e. The summed E-state index contributed by atoms with van der Waals surface area (Å²) in [5.41, 5.74) is 1.92. The molecule has 1 atom stereocenters. The molecule has 3 N–H and O–H groups in total. The van der Waals surface area contributed by atoms with E-state index in [1.165, 1.54) is 19.2 Å². The highest BCUT2D eigenvalue weighted by molar-refractivity contribution is 5.97. The molecule has 0 aliphatic heterocycles. The SMILES string of the molecule is CNC(=O)c1cc(NC(=O)NC(C)c2cn(C)nc2C)ccc1F. The van der Waals surface area contributed by atoms with Gasteiger partial charge in [0.1, 0.15) is 5.82 Å². The van der Waals surface area contributed by atoms with Gasteiger partial charge in [-0.1, -0.05) is 0 Å². The quantitative estimate of drug-likeness (QED) is 0.801. The molecule has 0 spiro atoms.